The molecule has 3 aromatic rings. The fraction of sp³-hybridized carbons (Fsp3) is 0.167. The average Bonchev–Trinajstić information content (AvgIpc) is 3.27. The normalized spacial score (nSPS) is 15.0. The summed E-state index contributed by atoms with van der Waals surface area (Å²) in [5.74, 6) is -1.37. The average molecular weight is 498 g/mol. The van der Waals surface area contributed by atoms with Crippen LogP contribution in [-0.2, 0) is 9.53 Å². The van der Waals surface area contributed by atoms with Gasteiger partial charge in [0, 0.05) is 42.6 Å². The molecule has 0 radical (unpaired) electrons. The predicted octanol–water partition coefficient (Wildman–Crippen LogP) is 3.88. The number of methoxy groups -OCH3 is 1. The van der Waals surface area contributed by atoms with Gasteiger partial charge in [0.1, 0.15) is 11.9 Å². The molecule has 9 nitrogen and oxygen atoms in total. The van der Waals surface area contributed by atoms with Crippen LogP contribution >= 0.6 is 11.6 Å². The standard InChI is InChI=1S/C24H21ClFN5O4/c1-35-14-17-12-21(31(29-17)24(34)27-16-7-5-15(25)6-8-16)23(33)28-20-10-9-18(13-19(20)26)30-11-3-2-4-22(30)32/h2-11,13,21H,12,14H2,1H3,(H,27,34)(H,28,33). The third kappa shape index (κ3) is 5.56. The smallest absolute Gasteiger partial charge is 0.343 e. The van der Waals surface area contributed by atoms with E-state index in [1.807, 2.05) is 0 Å². The van der Waals surface area contributed by atoms with E-state index in [1.54, 1.807) is 36.4 Å². The van der Waals surface area contributed by atoms with Crippen molar-refractivity contribution in [2.75, 3.05) is 24.4 Å². The van der Waals surface area contributed by atoms with Crippen LogP contribution in [0.1, 0.15) is 6.42 Å². The number of benzene rings is 2. The first kappa shape index (κ1) is 24.1. The molecule has 180 valence electrons. The van der Waals surface area contributed by atoms with E-state index in [1.165, 1.54) is 36.1 Å². The second-order valence-corrected chi connectivity index (χ2v) is 8.10. The number of hydrogen-bond donors (Lipinski definition) is 2. The lowest BCUT2D eigenvalue weighted by atomic mass is 10.1. The van der Waals surface area contributed by atoms with Crippen LogP contribution < -0.4 is 16.2 Å². The lowest BCUT2D eigenvalue weighted by Gasteiger charge is -2.21. The Balaban J connectivity index is 1.51. The molecule has 1 aromatic heterocycles. The highest BCUT2D eigenvalue weighted by molar-refractivity contribution is 6.30. The molecule has 1 atom stereocenters. The number of urea groups is 1. The van der Waals surface area contributed by atoms with Gasteiger partial charge >= 0.3 is 6.03 Å². The van der Waals surface area contributed by atoms with E-state index >= 15 is 0 Å². The van der Waals surface area contributed by atoms with Gasteiger partial charge in [-0.1, -0.05) is 17.7 Å². The molecule has 2 heterocycles. The molecule has 2 N–H and O–H groups in total. The zero-order valence-corrected chi connectivity index (χ0v) is 19.3. The SMILES string of the molecule is COCC1=NN(C(=O)Nc2ccc(Cl)cc2)C(C(=O)Nc2ccc(-n3ccccc3=O)cc2F)C1. The Morgan fingerprint density at radius 1 is 1.14 bits per heavy atom. The van der Waals surface area contributed by atoms with Crippen molar-refractivity contribution in [1.29, 1.82) is 0 Å². The Morgan fingerprint density at radius 2 is 1.91 bits per heavy atom. The summed E-state index contributed by atoms with van der Waals surface area (Å²) < 4.78 is 21.2. The lowest BCUT2D eigenvalue weighted by Crippen LogP contribution is -2.43. The van der Waals surface area contributed by atoms with Crippen molar-refractivity contribution in [3.05, 3.63) is 88.1 Å². The summed E-state index contributed by atoms with van der Waals surface area (Å²) in [4.78, 5) is 37.9. The van der Waals surface area contributed by atoms with Crippen molar-refractivity contribution in [3.8, 4) is 5.69 Å². The summed E-state index contributed by atoms with van der Waals surface area (Å²) in [5.41, 5.74) is 0.840. The van der Waals surface area contributed by atoms with Crippen LogP contribution in [0.15, 0.2) is 76.8 Å². The molecule has 0 saturated carbocycles. The molecule has 0 saturated heterocycles. The van der Waals surface area contributed by atoms with E-state index in [-0.39, 0.29) is 24.3 Å². The summed E-state index contributed by atoms with van der Waals surface area (Å²) in [6.07, 6.45) is 1.63. The summed E-state index contributed by atoms with van der Waals surface area (Å²) in [6.45, 7) is 0.128. The quantitative estimate of drug-likeness (QED) is 0.539. The molecular formula is C24H21ClFN5O4. The minimum absolute atomic E-state index is 0.0963. The first-order valence-corrected chi connectivity index (χ1v) is 10.9. The van der Waals surface area contributed by atoms with Gasteiger partial charge in [-0.05, 0) is 42.5 Å². The maximum absolute atomic E-state index is 14.8. The van der Waals surface area contributed by atoms with E-state index in [0.717, 1.165) is 11.1 Å². The van der Waals surface area contributed by atoms with E-state index in [2.05, 4.69) is 15.7 Å². The zero-order chi connectivity index (χ0) is 24.9. The van der Waals surface area contributed by atoms with Crippen molar-refractivity contribution < 1.29 is 18.7 Å². The number of amides is 3. The Hall–Kier alpha value is -4.02. The number of aromatic nitrogens is 1. The van der Waals surface area contributed by atoms with Crippen LogP contribution in [0.3, 0.4) is 0 Å². The number of ether oxygens (including phenoxy) is 1. The molecule has 11 heteroatoms. The maximum Gasteiger partial charge on any atom is 0.343 e. The van der Waals surface area contributed by atoms with Gasteiger partial charge in [0.15, 0.2) is 0 Å². The topological polar surface area (TPSA) is 105 Å². The van der Waals surface area contributed by atoms with Gasteiger partial charge < -0.3 is 15.4 Å². The number of hydrazone groups is 1. The molecule has 1 aliphatic heterocycles. The second kappa shape index (κ2) is 10.5. The van der Waals surface area contributed by atoms with E-state index < -0.39 is 23.8 Å². The summed E-state index contributed by atoms with van der Waals surface area (Å²) in [6, 6.07) is 13.4. The summed E-state index contributed by atoms with van der Waals surface area (Å²) >= 11 is 5.88. The van der Waals surface area contributed by atoms with E-state index in [9.17, 15) is 18.8 Å². The van der Waals surface area contributed by atoms with Crippen LogP contribution in [0.5, 0.6) is 0 Å². The van der Waals surface area contributed by atoms with Gasteiger partial charge in [-0.3, -0.25) is 14.2 Å². The Morgan fingerprint density at radius 3 is 2.60 bits per heavy atom. The van der Waals surface area contributed by atoms with Gasteiger partial charge in [0.05, 0.1) is 23.7 Å². The van der Waals surface area contributed by atoms with Crippen LogP contribution in [0.25, 0.3) is 5.69 Å². The summed E-state index contributed by atoms with van der Waals surface area (Å²) in [5, 5.41) is 10.9. The number of carbonyl (C=O) groups excluding carboxylic acids is 2. The van der Waals surface area contributed by atoms with Crippen molar-refractivity contribution in [1.82, 2.24) is 9.58 Å². The van der Waals surface area contributed by atoms with E-state index in [0.29, 0.717) is 22.1 Å². The molecular weight excluding hydrogens is 477 g/mol. The molecule has 0 spiro atoms. The lowest BCUT2D eigenvalue weighted by molar-refractivity contribution is -0.119. The van der Waals surface area contributed by atoms with Crippen molar-refractivity contribution in [2.45, 2.75) is 12.5 Å². The molecule has 35 heavy (non-hydrogen) atoms. The second-order valence-electron chi connectivity index (χ2n) is 7.66. The van der Waals surface area contributed by atoms with Gasteiger partial charge in [-0.2, -0.15) is 5.10 Å². The molecule has 1 unspecified atom stereocenters. The van der Waals surface area contributed by atoms with Gasteiger partial charge in [0.25, 0.3) is 5.56 Å². The summed E-state index contributed by atoms with van der Waals surface area (Å²) in [7, 11) is 1.48. The van der Waals surface area contributed by atoms with Crippen molar-refractivity contribution in [3.63, 3.8) is 0 Å². The first-order chi connectivity index (χ1) is 16.9. The largest absolute Gasteiger partial charge is 0.379 e. The molecule has 2 aromatic carbocycles. The third-order valence-electron chi connectivity index (χ3n) is 5.20. The molecule has 0 fully saturated rings. The highest BCUT2D eigenvalue weighted by Gasteiger charge is 2.37. The fourth-order valence-electron chi connectivity index (χ4n) is 3.54. The van der Waals surface area contributed by atoms with Crippen molar-refractivity contribution >= 4 is 40.6 Å². The van der Waals surface area contributed by atoms with Crippen LogP contribution in [0, 0.1) is 5.82 Å². The number of nitrogens with zero attached hydrogens (tertiary/aromatic N) is 3. The Kier molecular flexibility index (Phi) is 7.23. The third-order valence-corrected chi connectivity index (χ3v) is 5.45. The monoisotopic (exact) mass is 497 g/mol. The number of halogens is 2. The number of rotatable bonds is 6. The molecule has 0 bridgehead atoms. The number of carbonyl (C=O) groups is 2. The number of anilines is 2. The minimum Gasteiger partial charge on any atom is -0.379 e. The van der Waals surface area contributed by atoms with Gasteiger partial charge in [0.2, 0.25) is 5.91 Å². The predicted molar refractivity (Wildman–Crippen MR) is 131 cm³/mol. The van der Waals surface area contributed by atoms with Gasteiger partial charge in [-0.25, -0.2) is 14.2 Å². The van der Waals surface area contributed by atoms with Crippen LogP contribution in [0.2, 0.25) is 5.02 Å². The highest BCUT2D eigenvalue weighted by atomic mass is 35.5. The molecule has 3 amide bonds. The first-order valence-electron chi connectivity index (χ1n) is 10.6. The van der Waals surface area contributed by atoms with Crippen molar-refractivity contribution in [2.24, 2.45) is 5.10 Å². The zero-order valence-electron chi connectivity index (χ0n) is 18.6. The van der Waals surface area contributed by atoms with Crippen LogP contribution in [-0.4, -0.2) is 47.0 Å². The van der Waals surface area contributed by atoms with Gasteiger partial charge in [-0.15, -0.1) is 0 Å². The number of pyridine rings is 1. The highest BCUT2D eigenvalue weighted by Crippen LogP contribution is 2.23. The molecule has 4 rings (SSSR count). The minimum atomic E-state index is -1.02. The maximum atomic E-state index is 14.8. The number of nitrogens with one attached hydrogen (secondary N) is 2. The number of hydrogen-bond acceptors (Lipinski definition) is 5. The molecule has 0 aliphatic carbocycles. The molecule has 1 aliphatic rings. The fourth-order valence-corrected chi connectivity index (χ4v) is 3.67. The van der Waals surface area contributed by atoms with E-state index in [4.69, 9.17) is 16.3 Å². The Bertz CT molecular complexity index is 1340. The van der Waals surface area contributed by atoms with Crippen LogP contribution in [0.4, 0.5) is 20.6 Å². The Labute approximate surface area is 204 Å².